The molecule has 0 heterocycles. The Labute approximate surface area is 88.0 Å². The summed E-state index contributed by atoms with van der Waals surface area (Å²) in [6, 6.07) is 0.159. The molecule has 14 heavy (non-hydrogen) atoms. The fourth-order valence-corrected chi connectivity index (χ4v) is 2.56. The van der Waals surface area contributed by atoms with Gasteiger partial charge >= 0.3 is 0 Å². The fourth-order valence-electron chi connectivity index (χ4n) is 1.35. The summed E-state index contributed by atoms with van der Waals surface area (Å²) < 4.78 is 23.0. The van der Waals surface area contributed by atoms with Crippen LogP contribution >= 0.6 is 0 Å². The summed E-state index contributed by atoms with van der Waals surface area (Å²) in [5.41, 5.74) is 5.64. The van der Waals surface area contributed by atoms with E-state index in [0.29, 0.717) is 11.7 Å². The highest BCUT2D eigenvalue weighted by Gasteiger charge is 2.17. The number of nitrogens with two attached hydrogens (primary N) is 1. The molecule has 0 aromatic carbocycles. The first kappa shape index (κ1) is 13.9. The van der Waals surface area contributed by atoms with Crippen molar-refractivity contribution >= 4 is 9.84 Å². The molecule has 0 aliphatic rings. The van der Waals surface area contributed by atoms with Gasteiger partial charge in [-0.25, -0.2) is 8.42 Å². The van der Waals surface area contributed by atoms with E-state index < -0.39 is 9.84 Å². The molecule has 0 aliphatic carbocycles. The van der Waals surface area contributed by atoms with Crippen LogP contribution in [0.25, 0.3) is 0 Å². The van der Waals surface area contributed by atoms with Crippen molar-refractivity contribution in [1.29, 1.82) is 0 Å². The van der Waals surface area contributed by atoms with Crippen molar-refractivity contribution in [2.24, 2.45) is 11.7 Å². The molecular formula is C10H23NO2S. The van der Waals surface area contributed by atoms with Gasteiger partial charge in [0.25, 0.3) is 0 Å². The standard InChI is InChI=1S/C10H23NO2S/c1-8(2)14(12,13)6-5-9(3)7-10(4)11/h8-10H,5-7,11H2,1-4H3. The van der Waals surface area contributed by atoms with E-state index in [4.69, 9.17) is 5.73 Å². The van der Waals surface area contributed by atoms with Crippen molar-refractivity contribution in [2.45, 2.75) is 51.8 Å². The molecule has 0 bridgehead atoms. The highest BCUT2D eigenvalue weighted by molar-refractivity contribution is 7.91. The van der Waals surface area contributed by atoms with E-state index >= 15 is 0 Å². The maximum atomic E-state index is 11.5. The lowest BCUT2D eigenvalue weighted by Gasteiger charge is -2.14. The average Bonchev–Trinajstić information content (AvgIpc) is 1.99. The lowest BCUT2D eigenvalue weighted by atomic mass is 10.0. The molecule has 0 amide bonds. The molecule has 0 spiro atoms. The Morgan fingerprint density at radius 2 is 1.64 bits per heavy atom. The first-order valence-corrected chi connectivity index (χ1v) is 6.94. The van der Waals surface area contributed by atoms with E-state index in [1.807, 2.05) is 6.92 Å². The van der Waals surface area contributed by atoms with Gasteiger partial charge in [-0.2, -0.15) is 0 Å². The minimum atomic E-state index is -2.87. The van der Waals surface area contributed by atoms with Crippen LogP contribution in [0.5, 0.6) is 0 Å². The summed E-state index contributed by atoms with van der Waals surface area (Å²) >= 11 is 0. The van der Waals surface area contributed by atoms with Crippen molar-refractivity contribution < 1.29 is 8.42 Å². The summed E-state index contributed by atoms with van der Waals surface area (Å²) in [6.45, 7) is 7.46. The van der Waals surface area contributed by atoms with E-state index in [9.17, 15) is 8.42 Å². The summed E-state index contributed by atoms with van der Waals surface area (Å²) in [7, 11) is -2.87. The van der Waals surface area contributed by atoms with Gasteiger partial charge in [-0.3, -0.25) is 0 Å². The van der Waals surface area contributed by atoms with E-state index in [2.05, 4.69) is 6.92 Å². The second-order valence-corrected chi connectivity index (χ2v) is 7.20. The molecule has 0 rings (SSSR count). The molecule has 0 fully saturated rings. The van der Waals surface area contributed by atoms with Gasteiger partial charge in [-0.1, -0.05) is 6.92 Å². The van der Waals surface area contributed by atoms with Crippen LogP contribution < -0.4 is 5.73 Å². The van der Waals surface area contributed by atoms with Crippen molar-refractivity contribution in [3.8, 4) is 0 Å². The average molecular weight is 221 g/mol. The Bertz CT molecular complexity index is 245. The van der Waals surface area contributed by atoms with Gasteiger partial charge in [-0.15, -0.1) is 0 Å². The second-order valence-electron chi connectivity index (χ2n) is 4.52. The molecule has 86 valence electrons. The van der Waals surface area contributed by atoms with E-state index in [1.165, 1.54) is 0 Å². The zero-order valence-electron chi connectivity index (χ0n) is 9.66. The third-order valence-electron chi connectivity index (χ3n) is 2.39. The van der Waals surface area contributed by atoms with Crippen LogP contribution in [0.2, 0.25) is 0 Å². The lowest BCUT2D eigenvalue weighted by Crippen LogP contribution is -2.22. The minimum absolute atomic E-state index is 0.159. The van der Waals surface area contributed by atoms with Gasteiger partial charge < -0.3 is 5.73 Å². The molecule has 2 unspecified atom stereocenters. The summed E-state index contributed by atoms with van der Waals surface area (Å²) in [6.07, 6.45) is 1.62. The molecule has 0 aliphatic heterocycles. The smallest absolute Gasteiger partial charge is 0.152 e. The van der Waals surface area contributed by atoms with Gasteiger partial charge in [0, 0.05) is 6.04 Å². The molecule has 0 aromatic heterocycles. The lowest BCUT2D eigenvalue weighted by molar-refractivity contribution is 0.466. The zero-order valence-corrected chi connectivity index (χ0v) is 10.5. The monoisotopic (exact) mass is 221 g/mol. The maximum Gasteiger partial charge on any atom is 0.152 e. The zero-order chi connectivity index (χ0) is 11.4. The van der Waals surface area contributed by atoms with Gasteiger partial charge in [0.05, 0.1) is 11.0 Å². The second kappa shape index (κ2) is 5.71. The normalized spacial score (nSPS) is 17.0. The van der Waals surface area contributed by atoms with Crippen LogP contribution in [0.15, 0.2) is 0 Å². The van der Waals surface area contributed by atoms with E-state index in [-0.39, 0.29) is 11.3 Å². The number of sulfone groups is 1. The highest BCUT2D eigenvalue weighted by atomic mass is 32.2. The van der Waals surface area contributed by atoms with Crippen molar-refractivity contribution in [3.63, 3.8) is 0 Å². The predicted octanol–water partition coefficient (Wildman–Crippen LogP) is 1.57. The number of hydrogen-bond donors (Lipinski definition) is 1. The maximum absolute atomic E-state index is 11.5. The SMILES string of the molecule is CC(N)CC(C)CCS(=O)(=O)C(C)C. The van der Waals surface area contributed by atoms with Crippen LogP contribution in [-0.2, 0) is 9.84 Å². The molecule has 0 aromatic rings. The van der Waals surface area contributed by atoms with Crippen molar-refractivity contribution in [1.82, 2.24) is 0 Å². The fraction of sp³-hybridized carbons (Fsp3) is 1.00. The van der Waals surface area contributed by atoms with Crippen LogP contribution in [0, 0.1) is 5.92 Å². The van der Waals surface area contributed by atoms with E-state index in [0.717, 1.165) is 12.8 Å². The predicted molar refractivity (Wildman–Crippen MR) is 61.0 cm³/mol. The largest absolute Gasteiger partial charge is 0.328 e. The Balaban J connectivity index is 3.95. The van der Waals surface area contributed by atoms with Crippen molar-refractivity contribution in [2.75, 3.05) is 5.75 Å². The molecular weight excluding hydrogens is 198 g/mol. The molecule has 4 heteroatoms. The third-order valence-corrected chi connectivity index (χ3v) is 4.63. The van der Waals surface area contributed by atoms with Crippen LogP contribution in [0.1, 0.15) is 40.5 Å². The highest BCUT2D eigenvalue weighted by Crippen LogP contribution is 2.13. The molecule has 0 saturated heterocycles. The van der Waals surface area contributed by atoms with Gasteiger partial charge in [0.2, 0.25) is 0 Å². The van der Waals surface area contributed by atoms with Crippen LogP contribution in [0.4, 0.5) is 0 Å². The quantitative estimate of drug-likeness (QED) is 0.740. The topological polar surface area (TPSA) is 60.2 Å². The Morgan fingerprint density at radius 1 is 1.14 bits per heavy atom. The summed E-state index contributed by atoms with van der Waals surface area (Å²) in [4.78, 5) is 0. The minimum Gasteiger partial charge on any atom is -0.328 e. The van der Waals surface area contributed by atoms with Gasteiger partial charge in [0.15, 0.2) is 9.84 Å². The number of hydrogen-bond acceptors (Lipinski definition) is 3. The van der Waals surface area contributed by atoms with Gasteiger partial charge in [0.1, 0.15) is 0 Å². The van der Waals surface area contributed by atoms with Crippen LogP contribution in [0.3, 0.4) is 0 Å². The number of rotatable bonds is 6. The Kier molecular flexibility index (Phi) is 5.67. The Hall–Kier alpha value is -0.0900. The molecule has 0 saturated carbocycles. The molecule has 2 N–H and O–H groups in total. The summed E-state index contributed by atoms with van der Waals surface area (Å²) in [5.74, 6) is 0.682. The molecule has 3 nitrogen and oxygen atoms in total. The molecule has 2 atom stereocenters. The first-order chi connectivity index (χ1) is 6.25. The van der Waals surface area contributed by atoms with Crippen LogP contribution in [-0.4, -0.2) is 25.5 Å². The first-order valence-electron chi connectivity index (χ1n) is 5.23. The Morgan fingerprint density at radius 3 is 2.00 bits per heavy atom. The van der Waals surface area contributed by atoms with Crippen molar-refractivity contribution in [3.05, 3.63) is 0 Å². The third kappa shape index (κ3) is 5.60. The van der Waals surface area contributed by atoms with Gasteiger partial charge in [-0.05, 0) is 39.5 Å². The summed E-state index contributed by atoms with van der Waals surface area (Å²) in [5, 5.41) is -0.259. The molecule has 0 radical (unpaired) electrons. The van der Waals surface area contributed by atoms with E-state index in [1.54, 1.807) is 13.8 Å².